The maximum atomic E-state index is 11.9. The molecule has 2 rings (SSSR count). The average Bonchev–Trinajstić information content (AvgIpc) is 2.44. The number of carbonyl (C=O) groups is 3. The van der Waals surface area contributed by atoms with Gasteiger partial charge in [-0.15, -0.1) is 0 Å². The lowest BCUT2D eigenvalue weighted by atomic mass is 9.84. The fraction of sp³-hybridized carbons (Fsp3) is 0.312. The number of hydrogen-bond donors (Lipinski definition) is 1. The van der Waals surface area contributed by atoms with Crippen LogP contribution in [-0.2, 0) is 20.9 Å². The summed E-state index contributed by atoms with van der Waals surface area (Å²) < 4.78 is 0. The summed E-state index contributed by atoms with van der Waals surface area (Å²) in [5, 5.41) is 2.98. The average molecular weight is 271 g/mol. The van der Waals surface area contributed by atoms with Crippen LogP contribution in [0.25, 0.3) is 0 Å². The Morgan fingerprint density at radius 2 is 1.80 bits per heavy atom. The van der Waals surface area contributed by atoms with Crippen LogP contribution in [-0.4, -0.2) is 17.3 Å². The number of benzene rings is 1. The molecular weight excluding hydrogens is 254 g/mol. The number of allylic oxidation sites excluding steroid dienone is 1. The van der Waals surface area contributed by atoms with Crippen molar-refractivity contribution in [3.63, 3.8) is 0 Å². The molecule has 0 heterocycles. The molecule has 1 aliphatic carbocycles. The van der Waals surface area contributed by atoms with E-state index < -0.39 is 11.7 Å². The van der Waals surface area contributed by atoms with E-state index in [9.17, 15) is 14.4 Å². The Kier molecular flexibility index (Phi) is 4.82. The third kappa shape index (κ3) is 3.63. The van der Waals surface area contributed by atoms with E-state index in [2.05, 4.69) is 5.32 Å². The van der Waals surface area contributed by atoms with Crippen molar-refractivity contribution in [2.45, 2.75) is 25.8 Å². The van der Waals surface area contributed by atoms with Crippen molar-refractivity contribution >= 4 is 17.3 Å². The Bertz CT molecular complexity index is 518. The molecule has 4 heteroatoms. The van der Waals surface area contributed by atoms with Gasteiger partial charge in [0.15, 0.2) is 17.3 Å². The van der Waals surface area contributed by atoms with Gasteiger partial charge in [0, 0.05) is 25.6 Å². The first-order valence-corrected chi connectivity index (χ1v) is 6.71. The smallest absolute Gasteiger partial charge is 0.175 e. The first-order chi connectivity index (χ1) is 9.68. The second kappa shape index (κ2) is 6.80. The van der Waals surface area contributed by atoms with E-state index in [0.717, 1.165) is 5.56 Å². The molecule has 1 fully saturated rings. The van der Waals surface area contributed by atoms with Gasteiger partial charge in [-0.2, -0.15) is 0 Å². The predicted molar refractivity (Wildman–Crippen MR) is 74.8 cm³/mol. The van der Waals surface area contributed by atoms with Crippen LogP contribution in [0.2, 0.25) is 0 Å². The molecule has 104 valence electrons. The zero-order valence-corrected chi connectivity index (χ0v) is 11.2. The fourth-order valence-corrected chi connectivity index (χ4v) is 2.23. The molecule has 20 heavy (non-hydrogen) atoms. The second-order valence-corrected chi connectivity index (χ2v) is 4.82. The summed E-state index contributed by atoms with van der Waals surface area (Å²) in [6.45, 7) is 0.594. The quantitative estimate of drug-likeness (QED) is 0.655. The van der Waals surface area contributed by atoms with Crippen molar-refractivity contribution in [1.29, 1.82) is 0 Å². The molecule has 1 aromatic rings. The first kappa shape index (κ1) is 14.2. The summed E-state index contributed by atoms with van der Waals surface area (Å²) in [6, 6.07) is 9.74. The fourth-order valence-electron chi connectivity index (χ4n) is 2.23. The van der Waals surface area contributed by atoms with Crippen LogP contribution in [0.3, 0.4) is 0 Å². The van der Waals surface area contributed by atoms with Crippen LogP contribution < -0.4 is 5.32 Å². The normalized spacial score (nSPS) is 16.6. The Morgan fingerprint density at radius 3 is 2.45 bits per heavy atom. The van der Waals surface area contributed by atoms with Gasteiger partial charge in [0.2, 0.25) is 0 Å². The third-order valence-corrected chi connectivity index (χ3v) is 3.29. The van der Waals surface area contributed by atoms with Gasteiger partial charge in [-0.3, -0.25) is 14.4 Å². The summed E-state index contributed by atoms with van der Waals surface area (Å²) in [7, 11) is 0. The number of rotatable bonds is 5. The van der Waals surface area contributed by atoms with Crippen molar-refractivity contribution in [2.75, 3.05) is 0 Å². The number of hydrogen-bond acceptors (Lipinski definition) is 4. The minimum Gasteiger partial charge on any atom is -0.387 e. The Labute approximate surface area is 117 Å². The highest BCUT2D eigenvalue weighted by atomic mass is 16.2. The van der Waals surface area contributed by atoms with Gasteiger partial charge < -0.3 is 5.32 Å². The zero-order valence-electron chi connectivity index (χ0n) is 11.2. The molecule has 1 aliphatic rings. The van der Waals surface area contributed by atoms with Crippen molar-refractivity contribution < 1.29 is 14.4 Å². The van der Waals surface area contributed by atoms with E-state index in [1.165, 1.54) is 12.3 Å². The standard InChI is InChI=1S/C16H17NO3/c18-13-7-4-8-14(19)16(13)15(20)9-10-17-11-12-5-2-1-3-6-12/h1-3,5-6,9-10,16-17H,4,7-8,11H2/b10-9-. The van der Waals surface area contributed by atoms with Gasteiger partial charge in [0.1, 0.15) is 5.92 Å². The SMILES string of the molecule is O=C(/C=C\NCc1ccccc1)C1C(=O)CCCC1=O. The van der Waals surface area contributed by atoms with Crippen LogP contribution in [0.1, 0.15) is 24.8 Å². The highest BCUT2D eigenvalue weighted by Crippen LogP contribution is 2.18. The minimum atomic E-state index is -1.07. The number of Topliss-reactive ketones (excluding diaryl/α,β-unsaturated/α-hetero) is 2. The molecule has 1 saturated carbocycles. The minimum absolute atomic E-state index is 0.251. The molecule has 4 nitrogen and oxygen atoms in total. The Hall–Kier alpha value is -2.23. The highest BCUT2D eigenvalue weighted by Gasteiger charge is 2.34. The maximum absolute atomic E-state index is 11.9. The molecular formula is C16H17NO3. The van der Waals surface area contributed by atoms with Crippen LogP contribution in [0.5, 0.6) is 0 Å². The van der Waals surface area contributed by atoms with E-state index in [1.807, 2.05) is 30.3 Å². The van der Waals surface area contributed by atoms with E-state index in [0.29, 0.717) is 25.8 Å². The van der Waals surface area contributed by atoms with Crippen LogP contribution in [0.15, 0.2) is 42.6 Å². The Morgan fingerprint density at radius 1 is 1.15 bits per heavy atom. The van der Waals surface area contributed by atoms with E-state index in [-0.39, 0.29) is 11.6 Å². The van der Waals surface area contributed by atoms with Gasteiger partial charge in [-0.25, -0.2) is 0 Å². The largest absolute Gasteiger partial charge is 0.387 e. The molecule has 1 aromatic carbocycles. The van der Waals surface area contributed by atoms with Crippen molar-refractivity contribution in [2.24, 2.45) is 5.92 Å². The van der Waals surface area contributed by atoms with Crippen molar-refractivity contribution in [3.05, 3.63) is 48.2 Å². The van der Waals surface area contributed by atoms with Gasteiger partial charge >= 0.3 is 0 Å². The van der Waals surface area contributed by atoms with Gasteiger partial charge in [-0.05, 0) is 18.1 Å². The summed E-state index contributed by atoms with van der Waals surface area (Å²) >= 11 is 0. The van der Waals surface area contributed by atoms with Crippen molar-refractivity contribution in [1.82, 2.24) is 5.32 Å². The molecule has 0 bridgehead atoms. The number of nitrogens with one attached hydrogen (secondary N) is 1. The lowest BCUT2D eigenvalue weighted by Crippen LogP contribution is -2.34. The molecule has 1 N–H and O–H groups in total. The van der Waals surface area contributed by atoms with E-state index >= 15 is 0 Å². The lowest BCUT2D eigenvalue weighted by Gasteiger charge is -2.16. The zero-order chi connectivity index (χ0) is 14.4. The van der Waals surface area contributed by atoms with E-state index in [4.69, 9.17) is 0 Å². The van der Waals surface area contributed by atoms with Gasteiger partial charge in [-0.1, -0.05) is 30.3 Å². The predicted octanol–water partition coefficient (Wildman–Crippen LogP) is 1.80. The highest BCUT2D eigenvalue weighted by molar-refractivity contribution is 6.23. The van der Waals surface area contributed by atoms with Crippen LogP contribution in [0, 0.1) is 5.92 Å². The second-order valence-electron chi connectivity index (χ2n) is 4.82. The number of ketones is 3. The summed E-state index contributed by atoms with van der Waals surface area (Å²) in [4.78, 5) is 35.1. The molecule has 0 spiro atoms. The molecule has 0 atom stereocenters. The summed E-state index contributed by atoms with van der Waals surface area (Å²) in [5.74, 6) is -1.99. The van der Waals surface area contributed by atoms with Crippen LogP contribution >= 0.6 is 0 Å². The lowest BCUT2D eigenvalue weighted by molar-refractivity contribution is -0.140. The molecule has 0 amide bonds. The topological polar surface area (TPSA) is 63.2 Å². The third-order valence-electron chi connectivity index (χ3n) is 3.29. The number of carbonyl (C=O) groups excluding carboxylic acids is 3. The summed E-state index contributed by atoms with van der Waals surface area (Å²) in [5.41, 5.74) is 1.09. The first-order valence-electron chi connectivity index (χ1n) is 6.71. The molecule has 0 aliphatic heterocycles. The van der Waals surface area contributed by atoms with Gasteiger partial charge in [0.25, 0.3) is 0 Å². The van der Waals surface area contributed by atoms with Gasteiger partial charge in [0.05, 0.1) is 0 Å². The monoisotopic (exact) mass is 271 g/mol. The Balaban J connectivity index is 1.86. The van der Waals surface area contributed by atoms with Crippen LogP contribution in [0.4, 0.5) is 0 Å². The summed E-state index contributed by atoms with van der Waals surface area (Å²) in [6.07, 6.45) is 4.01. The molecule has 0 radical (unpaired) electrons. The molecule has 0 saturated heterocycles. The molecule has 0 unspecified atom stereocenters. The maximum Gasteiger partial charge on any atom is 0.175 e. The molecule has 0 aromatic heterocycles. The van der Waals surface area contributed by atoms with Crippen molar-refractivity contribution in [3.8, 4) is 0 Å². The van der Waals surface area contributed by atoms with E-state index in [1.54, 1.807) is 0 Å².